The lowest BCUT2D eigenvalue weighted by Crippen LogP contribution is -2.14. The molecular weight excluding hydrogens is 462 g/mol. The van der Waals surface area contributed by atoms with Crippen LogP contribution in [0, 0.1) is 0 Å². The van der Waals surface area contributed by atoms with E-state index in [0.717, 1.165) is 11.1 Å². The summed E-state index contributed by atoms with van der Waals surface area (Å²) in [5, 5.41) is 11.7. The van der Waals surface area contributed by atoms with E-state index in [1.54, 1.807) is 24.3 Å². The Balaban J connectivity index is 1.46. The highest BCUT2D eigenvalue weighted by Gasteiger charge is 2.15. The molecule has 0 saturated carbocycles. The SMILES string of the molecule is O=C(CSc1nnc(-c2ccccc2)c(-c2ccccc2)n1)Nc1ccc(SC(F)F)cc1. The average Bonchev–Trinajstić information content (AvgIpc) is 2.84. The first-order chi connectivity index (χ1) is 16.1. The number of carbonyl (C=O) groups is 1. The number of carbonyl (C=O) groups excluding carboxylic acids is 1. The average molecular weight is 481 g/mol. The van der Waals surface area contributed by atoms with Gasteiger partial charge in [-0.1, -0.05) is 84.2 Å². The predicted molar refractivity (Wildman–Crippen MR) is 128 cm³/mol. The van der Waals surface area contributed by atoms with Crippen LogP contribution in [0.25, 0.3) is 22.5 Å². The maximum absolute atomic E-state index is 12.4. The number of nitrogens with zero attached hydrogens (tertiary/aromatic N) is 3. The molecule has 5 nitrogen and oxygen atoms in total. The monoisotopic (exact) mass is 480 g/mol. The van der Waals surface area contributed by atoms with Gasteiger partial charge in [0.05, 0.1) is 5.75 Å². The Kier molecular flexibility index (Phi) is 7.64. The molecule has 0 aliphatic heterocycles. The fraction of sp³-hybridized carbons (Fsp3) is 0.0833. The van der Waals surface area contributed by atoms with Crippen molar-refractivity contribution in [2.24, 2.45) is 0 Å². The lowest BCUT2D eigenvalue weighted by atomic mass is 10.0. The Morgan fingerprint density at radius 1 is 0.818 bits per heavy atom. The van der Waals surface area contributed by atoms with Crippen molar-refractivity contribution in [1.29, 1.82) is 0 Å². The van der Waals surface area contributed by atoms with E-state index in [0.29, 0.717) is 38.9 Å². The Labute approximate surface area is 198 Å². The highest BCUT2D eigenvalue weighted by atomic mass is 32.2. The molecule has 0 fully saturated rings. The Morgan fingerprint density at radius 2 is 1.42 bits per heavy atom. The van der Waals surface area contributed by atoms with Crippen molar-refractivity contribution in [3.05, 3.63) is 84.9 Å². The molecule has 9 heteroatoms. The number of thioether (sulfide) groups is 2. The molecule has 1 N–H and O–H groups in total. The Bertz CT molecular complexity index is 1210. The second kappa shape index (κ2) is 11.0. The largest absolute Gasteiger partial charge is 0.325 e. The van der Waals surface area contributed by atoms with Crippen LogP contribution in [0.4, 0.5) is 14.5 Å². The number of amides is 1. The molecule has 0 aliphatic rings. The van der Waals surface area contributed by atoms with Gasteiger partial charge in [0.1, 0.15) is 11.4 Å². The molecule has 0 bridgehead atoms. The molecule has 1 amide bonds. The maximum atomic E-state index is 12.4. The first-order valence-electron chi connectivity index (χ1n) is 9.91. The number of hydrogen-bond acceptors (Lipinski definition) is 6. The van der Waals surface area contributed by atoms with Crippen LogP contribution in [0.3, 0.4) is 0 Å². The quantitative estimate of drug-likeness (QED) is 0.301. The van der Waals surface area contributed by atoms with Gasteiger partial charge in [-0.25, -0.2) is 4.98 Å². The van der Waals surface area contributed by atoms with Crippen molar-refractivity contribution >= 4 is 35.1 Å². The zero-order chi connectivity index (χ0) is 23.0. The molecule has 0 atom stereocenters. The van der Waals surface area contributed by atoms with Gasteiger partial charge in [0.25, 0.3) is 5.76 Å². The molecule has 0 unspecified atom stereocenters. The van der Waals surface area contributed by atoms with Crippen molar-refractivity contribution < 1.29 is 13.6 Å². The van der Waals surface area contributed by atoms with E-state index >= 15 is 0 Å². The lowest BCUT2D eigenvalue weighted by Gasteiger charge is -2.10. The van der Waals surface area contributed by atoms with Crippen molar-refractivity contribution in [3.8, 4) is 22.5 Å². The number of alkyl halides is 2. The number of nitrogens with one attached hydrogen (secondary N) is 1. The molecule has 166 valence electrons. The zero-order valence-corrected chi connectivity index (χ0v) is 18.8. The van der Waals surface area contributed by atoms with E-state index < -0.39 is 5.76 Å². The fourth-order valence-electron chi connectivity index (χ4n) is 3.01. The van der Waals surface area contributed by atoms with E-state index in [2.05, 4.69) is 20.5 Å². The molecule has 0 saturated heterocycles. The van der Waals surface area contributed by atoms with Crippen LogP contribution in [-0.2, 0) is 4.79 Å². The summed E-state index contributed by atoms with van der Waals surface area (Å²) in [4.78, 5) is 17.5. The fourth-order valence-corrected chi connectivity index (χ4v) is 4.09. The molecule has 1 heterocycles. The van der Waals surface area contributed by atoms with Crippen LogP contribution >= 0.6 is 23.5 Å². The Hall–Kier alpha value is -3.30. The summed E-state index contributed by atoms with van der Waals surface area (Å²) < 4.78 is 24.8. The number of halogens is 2. The second-order valence-electron chi connectivity index (χ2n) is 6.76. The van der Waals surface area contributed by atoms with Crippen LogP contribution in [0.1, 0.15) is 0 Å². The number of anilines is 1. The number of benzene rings is 3. The molecule has 3 aromatic carbocycles. The van der Waals surface area contributed by atoms with E-state index in [9.17, 15) is 13.6 Å². The lowest BCUT2D eigenvalue weighted by molar-refractivity contribution is -0.113. The van der Waals surface area contributed by atoms with Crippen LogP contribution in [-0.4, -0.2) is 32.6 Å². The van der Waals surface area contributed by atoms with Gasteiger partial charge in [0.2, 0.25) is 11.1 Å². The third kappa shape index (κ3) is 6.36. The minimum absolute atomic E-state index is 0.0775. The summed E-state index contributed by atoms with van der Waals surface area (Å²) in [6.45, 7) is 0. The molecule has 4 aromatic rings. The minimum Gasteiger partial charge on any atom is -0.325 e. The third-order valence-corrected chi connectivity index (χ3v) is 6.02. The molecule has 4 rings (SSSR count). The van der Waals surface area contributed by atoms with E-state index in [-0.39, 0.29) is 11.7 Å². The molecule has 0 radical (unpaired) electrons. The highest BCUT2D eigenvalue weighted by Crippen LogP contribution is 2.30. The third-order valence-electron chi connectivity index (χ3n) is 4.46. The summed E-state index contributed by atoms with van der Waals surface area (Å²) in [7, 11) is 0. The van der Waals surface area contributed by atoms with Crippen LogP contribution in [0.5, 0.6) is 0 Å². The highest BCUT2D eigenvalue weighted by molar-refractivity contribution is 8.00. The number of rotatable bonds is 8. The predicted octanol–water partition coefficient (Wildman–Crippen LogP) is 6.25. The molecule has 1 aromatic heterocycles. The van der Waals surface area contributed by atoms with Crippen LogP contribution in [0.2, 0.25) is 0 Å². The summed E-state index contributed by atoms with van der Waals surface area (Å²) in [5.74, 6) is -2.66. The van der Waals surface area contributed by atoms with Crippen LogP contribution < -0.4 is 5.32 Å². The van der Waals surface area contributed by atoms with Gasteiger partial charge in [-0.2, -0.15) is 8.78 Å². The minimum atomic E-state index is -2.48. The van der Waals surface area contributed by atoms with Gasteiger partial charge >= 0.3 is 0 Å². The van der Waals surface area contributed by atoms with Gasteiger partial charge in [-0.3, -0.25) is 4.79 Å². The molecule has 0 spiro atoms. The van der Waals surface area contributed by atoms with Crippen molar-refractivity contribution in [2.75, 3.05) is 11.1 Å². The topological polar surface area (TPSA) is 67.8 Å². The van der Waals surface area contributed by atoms with Crippen molar-refractivity contribution in [1.82, 2.24) is 15.2 Å². The van der Waals surface area contributed by atoms with Crippen molar-refractivity contribution in [3.63, 3.8) is 0 Å². The van der Waals surface area contributed by atoms with E-state index in [1.165, 1.54) is 11.8 Å². The second-order valence-corrected chi connectivity index (χ2v) is 8.77. The first-order valence-corrected chi connectivity index (χ1v) is 11.8. The maximum Gasteiger partial charge on any atom is 0.288 e. The summed E-state index contributed by atoms with van der Waals surface area (Å²) >= 11 is 1.63. The first kappa shape index (κ1) is 22.9. The molecule has 0 aliphatic carbocycles. The van der Waals surface area contributed by atoms with E-state index in [1.807, 2.05) is 60.7 Å². The van der Waals surface area contributed by atoms with Crippen LogP contribution in [0.15, 0.2) is 95.0 Å². The smallest absolute Gasteiger partial charge is 0.288 e. The molecular formula is C24H18F2N4OS2. The normalized spacial score (nSPS) is 10.9. The standard InChI is InChI=1S/C24H18F2N4OS2/c25-23(26)33-19-13-11-18(12-14-19)27-20(31)15-32-24-28-21(16-7-3-1-4-8-16)22(29-30-24)17-9-5-2-6-10-17/h1-14,23H,15H2,(H,27,31). The van der Waals surface area contributed by atoms with Gasteiger partial charge in [-0.05, 0) is 24.3 Å². The van der Waals surface area contributed by atoms with Gasteiger partial charge < -0.3 is 5.32 Å². The van der Waals surface area contributed by atoms with Crippen molar-refractivity contribution in [2.45, 2.75) is 15.8 Å². The van der Waals surface area contributed by atoms with Gasteiger partial charge in [0, 0.05) is 21.7 Å². The van der Waals surface area contributed by atoms with Gasteiger partial charge in [-0.15, -0.1) is 10.2 Å². The zero-order valence-electron chi connectivity index (χ0n) is 17.2. The number of aromatic nitrogens is 3. The number of hydrogen-bond donors (Lipinski definition) is 1. The van der Waals surface area contributed by atoms with Gasteiger partial charge in [0.15, 0.2) is 0 Å². The van der Waals surface area contributed by atoms with E-state index in [4.69, 9.17) is 0 Å². The summed E-state index contributed by atoms with van der Waals surface area (Å²) in [6.07, 6.45) is 0. The summed E-state index contributed by atoms with van der Waals surface area (Å²) in [6, 6.07) is 25.6. The summed E-state index contributed by atoms with van der Waals surface area (Å²) in [5.41, 5.74) is 3.69. The molecule has 33 heavy (non-hydrogen) atoms. The Morgan fingerprint density at radius 3 is 2.03 bits per heavy atom.